The summed E-state index contributed by atoms with van der Waals surface area (Å²) < 4.78 is 95.2. The summed E-state index contributed by atoms with van der Waals surface area (Å²) in [5.74, 6) is -3.66. The Bertz CT molecular complexity index is 697. The second-order valence-electron chi connectivity index (χ2n) is 2.63. The van der Waals surface area contributed by atoms with Crippen LogP contribution < -0.4 is 10.6 Å². The maximum Gasteiger partial charge on any atom is 0.123 e. The molecule has 76 valence electrons. The summed E-state index contributed by atoms with van der Waals surface area (Å²) in [6, 6.07) is 2.26. The Labute approximate surface area is 102 Å². The van der Waals surface area contributed by atoms with Crippen LogP contribution in [0, 0.1) is 5.89 Å². The molecular weight excluding hydrogens is 174 g/mol. The summed E-state index contributed by atoms with van der Waals surface area (Å²) >= 11 is 0. The highest BCUT2D eigenvalue weighted by atomic mass is 15.1. The third-order valence-electron chi connectivity index (χ3n) is 1.61. The molecular formula is C11H17N3. The Morgan fingerprint density at radius 1 is 1.79 bits per heavy atom. The molecule has 1 fully saturated rings. The molecule has 0 spiro atoms. The van der Waals surface area contributed by atoms with E-state index < -0.39 is 38.5 Å². The molecule has 0 bridgehead atoms. The molecule has 2 N–H and O–H groups in total. The van der Waals surface area contributed by atoms with Crippen LogP contribution in [0.3, 0.4) is 0 Å². The SMILES string of the molecule is [2H]C([2H])([2H])C1([2H])C([2H])([2H])N(c2ccc(N)nc2)C([2H])([2H])C([2H])([2H])C1([2H])[2H]. The predicted molar refractivity (Wildman–Crippen MR) is 59.3 cm³/mol. The molecule has 2 heterocycles. The summed E-state index contributed by atoms with van der Waals surface area (Å²) in [7, 11) is 0. The van der Waals surface area contributed by atoms with E-state index in [9.17, 15) is 0 Å². The molecule has 0 aromatic carbocycles. The van der Waals surface area contributed by atoms with Crippen LogP contribution in [-0.2, 0) is 0 Å². The number of hydrogen-bond donors (Lipinski definition) is 1. The number of rotatable bonds is 1. The van der Waals surface area contributed by atoms with Crippen LogP contribution in [-0.4, -0.2) is 18.0 Å². The van der Waals surface area contributed by atoms with Crippen molar-refractivity contribution in [2.75, 3.05) is 23.6 Å². The summed E-state index contributed by atoms with van der Waals surface area (Å²) in [4.78, 5) is 3.78. The van der Waals surface area contributed by atoms with Crippen molar-refractivity contribution in [2.24, 2.45) is 5.89 Å². The average Bonchev–Trinajstić information content (AvgIpc) is 2.45. The lowest BCUT2D eigenvalue weighted by atomic mass is 10.00. The van der Waals surface area contributed by atoms with Crippen molar-refractivity contribution in [3.8, 4) is 0 Å². The number of anilines is 2. The van der Waals surface area contributed by atoms with E-state index in [4.69, 9.17) is 22.2 Å². The maximum absolute atomic E-state index is 8.23. The van der Waals surface area contributed by atoms with Crippen molar-refractivity contribution >= 4 is 11.5 Å². The third-order valence-corrected chi connectivity index (χ3v) is 1.61. The second kappa shape index (κ2) is 3.86. The van der Waals surface area contributed by atoms with Gasteiger partial charge in [-0.05, 0) is 30.8 Å². The first-order chi connectivity index (χ1) is 11.4. The van der Waals surface area contributed by atoms with Crippen molar-refractivity contribution < 1.29 is 16.4 Å². The molecule has 3 nitrogen and oxygen atoms in total. The lowest BCUT2D eigenvalue weighted by molar-refractivity contribution is 0.446. The largest absolute Gasteiger partial charge is 0.384 e. The van der Waals surface area contributed by atoms with E-state index in [0.29, 0.717) is 0 Å². The Kier molecular flexibility index (Phi) is 0.732. The minimum Gasteiger partial charge on any atom is -0.384 e. The standard InChI is InChI=1S/C11H17N3/c1-9-3-2-6-14(8-9)10-4-5-11(12)13-7-10/h4-5,7,9H,2-3,6,8H2,1H3,(H2,12,13)/i1D3,2D2,3D2,6D2,8D2,9D. The van der Waals surface area contributed by atoms with Crippen molar-refractivity contribution in [3.05, 3.63) is 18.3 Å². The monoisotopic (exact) mass is 203 g/mol. The van der Waals surface area contributed by atoms with E-state index in [0.717, 1.165) is 12.3 Å². The minimum absolute atomic E-state index is 0.00169. The zero-order chi connectivity index (χ0) is 20.6. The zero-order valence-electron chi connectivity index (χ0n) is 19.2. The van der Waals surface area contributed by atoms with Crippen LogP contribution in [0.4, 0.5) is 11.5 Å². The molecule has 0 amide bonds. The van der Waals surface area contributed by atoms with E-state index in [1.54, 1.807) is 0 Å². The van der Waals surface area contributed by atoms with Gasteiger partial charge in [0.25, 0.3) is 0 Å². The van der Waals surface area contributed by atoms with Crippen LogP contribution in [0.5, 0.6) is 0 Å². The van der Waals surface area contributed by atoms with Crippen molar-refractivity contribution in [2.45, 2.75) is 19.6 Å². The van der Waals surface area contributed by atoms with E-state index in [1.807, 2.05) is 0 Å². The first kappa shape index (κ1) is 2.65. The summed E-state index contributed by atoms with van der Waals surface area (Å²) in [5.41, 5.74) is 5.05. The number of hydrogen-bond acceptors (Lipinski definition) is 3. The molecule has 1 aromatic heterocycles. The van der Waals surface area contributed by atoms with Gasteiger partial charge < -0.3 is 10.6 Å². The molecule has 0 saturated carbocycles. The lowest BCUT2D eigenvalue weighted by Crippen LogP contribution is -2.34. The molecule has 1 aliphatic rings. The fraction of sp³-hybridized carbons (Fsp3) is 0.545. The quantitative estimate of drug-likeness (QED) is 0.758. The van der Waals surface area contributed by atoms with Crippen molar-refractivity contribution in [1.82, 2.24) is 4.98 Å². The lowest BCUT2D eigenvalue weighted by Gasteiger charge is -2.32. The summed E-state index contributed by atoms with van der Waals surface area (Å²) in [5, 5.41) is 0. The van der Waals surface area contributed by atoms with E-state index >= 15 is 0 Å². The van der Waals surface area contributed by atoms with Gasteiger partial charge in [0, 0.05) is 29.4 Å². The molecule has 1 atom stereocenters. The number of nitrogens with two attached hydrogens (primary N) is 1. The molecule has 1 aliphatic heterocycles. The molecule has 2 rings (SSSR count). The van der Waals surface area contributed by atoms with Gasteiger partial charge in [-0.1, -0.05) is 6.85 Å². The summed E-state index contributed by atoms with van der Waals surface area (Å²) in [6.07, 6.45) is -6.37. The number of piperidine rings is 1. The second-order valence-corrected chi connectivity index (χ2v) is 2.63. The highest BCUT2D eigenvalue weighted by Crippen LogP contribution is 2.22. The molecule has 14 heavy (non-hydrogen) atoms. The summed E-state index contributed by atoms with van der Waals surface area (Å²) in [6.45, 7) is -10.5. The van der Waals surface area contributed by atoms with Gasteiger partial charge in [0.15, 0.2) is 0 Å². The average molecular weight is 203 g/mol. The number of nitrogens with zero attached hydrogens (tertiary/aromatic N) is 2. The van der Waals surface area contributed by atoms with Crippen LogP contribution in [0.1, 0.15) is 36.0 Å². The fourth-order valence-corrected chi connectivity index (χ4v) is 0.973. The van der Waals surface area contributed by atoms with Crippen LogP contribution in [0.2, 0.25) is 0 Å². The molecule has 0 aliphatic carbocycles. The third kappa shape index (κ3) is 1.97. The van der Waals surface area contributed by atoms with E-state index in [1.165, 1.54) is 6.07 Å². The van der Waals surface area contributed by atoms with Gasteiger partial charge in [0.05, 0.1) is 11.9 Å². The van der Waals surface area contributed by atoms with Gasteiger partial charge in [-0.3, -0.25) is 0 Å². The predicted octanol–water partition coefficient (Wildman–Crippen LogP) is 1.90. The fourth-order valence-electron chi connectivity index (χ4n) is 0.973. The van der Waals surface area contributed by atoms with Crippen molar-refractivity contribution in [1.29, 1.82) is 0 Å². The Hall–Kier alpha value is -1.25. The normalized spacial score (nSPS) is 55.6. The van der Waals surface area contributed by atoms with Gasteiger partial charge in [-0.15, -0.1) is 0 Å². The molecule has 3 heteroatoms. The Balaban J connectivity index is 2.90. The topological polar surface area (TPSA) is 42.1 Å². The van der Waals surface area contributed by atoms with Gasteiger partial charge >= 0.3 is 0 Å². The molecule has 1 unspecified atom stereocenters. The maximum atomic E-state index is 8.23. The smallest absolute Gasteiger partial charge is 0.123 e. The van der Waals surface area contributed by atoms with Crippen LogP contribution in [0.15, 0.2) is 18.3 Å². The van der Waals surface area contributed by atoms with Crippen molar-refractivity contribution in [3.63, 3.8) is 0 Å². The van der Waals surface area contributed by atoms with E-state index in [2.05, 4.69) is 4.98 Å². The molecule has 0 radical (unpaired) electrons. The first-order valence-electron chi connectivity index (χ1n) is 9.89. The first-order valence-corrected chi connectivity index (χ1v) is 3.89. The highest BCUT2D eigenvalue weighted by Gasteiger charge is 2.16. The van der Waals surface area contributed by atoms with Crippen LogP contribution >= 0.6 is 0 Å². The minimum atomic E-state index is -3.71. The molecule has 1 saturated heterocycles. The van der Waals surface area contributed by atoms with Gasteiger partial charge in [-0.2, -0.15) is 0 Å². The Morgan fingerprint density at radius 2 is 2.71 bits per heavy atom. The number of aromatic nitrogens is 1. The van der Waals surface area contributed by atoms with Crippen LogP contribution in [0.25, 0.3) is 0 Å². The van der Waals surface area contributed by atoms with Gasteiger partial charge in [-0.25, -0.2) is 4.98 Å². The van der Waals surface area contributed by atoms with Gasteiger partial charge in [0.1, 0.15) is 5.82 Å². The number of nitrogen functional groups attached to an aromatic ring is 1. The van der Waals surface area contributed by atoms with E-state index in [-0.39, 0.29) is 16.4 Å². The molecule has 1 aromatic rings. The zero-order valence-corrected chi connectivity index (χ0v) is 7.20. The van der Waals surface area contributed by atoms with Gasteiger partial charge in [0.2, 0.25) is 0 Å². The number of pyridine rings is 1. The highest BCUT2D eigenvalue weighted by molar-refractivity contribution is 5.48. The Morgan fingerprint density at radius 3 is 3.43 bits per heavy atom.